The topological polar surface area (TPSA) is 4.93 Å². The molecule has 45 heavy (non-hydrogen) atoms. The van der Waals surface area contributed by atoms with Crippen molar-refractivity contribution in [1.29, 1.82) is 0 Å². The Bertz CT molecular complexity index is 1790. The van der Waals surface area contributed by atoms with Crippen molar-refractivity contribution in [3.63, 3.8) is 0 Å². The maximum Gasteiger partial charge on any atom is 0.0544 e. The van der Waals surface area contributed by atoms with Crippen molar-refractivity contribution >= 4 is 21.8 Å². The molecule has 0 spiro atoms. The van der Waals surface area contributed by atoms with E-state index in [0.717, 1.165) is 6.42 Å². The van der Waals surface area contributed by atoms with E-state index in [9.17, 15) is 0 Å². The molecule has 0 amide bonds. The molecular weight excluding hydrogens is 542 g/mol. The molecule has 5 aromatic rings. The Labute approximate surface area is 274 Å². The highest BCUT2D eigenvalue weighted by Crippen LogP contribution is 2.42. The van der Waals surface area contributed by atoms with Crippen molar-refractivity contribution < 1.29 is 0 Å². The number of benzene rings is 4. The van der Waals surface area contributed by atoms with Gasteiger partial charge in [0.05, 0.1) is 11.0 Å². The third kappa shape index (κ3) is 6.79. The van der Waals surface area contributed by atoms with E-state index in [1.165, 1.54) is 60.9 Å². The SMILES string of the molecule is CC(C)(C)CC(C)(C)c1cc(-c2cccc(C(C)(C)C)c2)cc(-n2c3cc(C(C)(C)C)ccc3c3ccc(C(C)(C)C)cc32)c1. The normalized spacial score (nSPS) is 13.6. The zero-order chi connectivity index (χ0) is 33.3. The van der Waals surface area contributed by atoms with Gasteiger partial charge < -0.3 is 4.57 Å². The fourth-order valence-electron chi connectivity index (χ4n) is 7.12. The van der Waals surface area contributed by atoms with Crippen LogP contribution in [0.3, 0.4) is 0 Å². The Balaban J connectivity index is 1.90. The van der Waals surface area contributed by atoms with Crippen LogP contribution in [0.1, 0.15) is 126 Å². The summed E-state index contributed by atoms with van der Waals surface area (Å²) in [5.41, 5.74) is 12.2. The predicted octanol–water partition coefficient (Wildman–Crippen LogP) is 13.1. The van der Waals surface area contributed by atoms with E-state index >= 15 is 0 Å². The maximum atomic E-state index is 2.56. The Hall–Kier alpha value is -3.32. The van der Waals surface area contributed by atoms with E-state index in [-0.39, 0.29) is 27.1 Å². The van der Waals surface area contributed by atoms with Crippen LogP contribution < -0.4 is 0 Å². The predicted molar refractivity (Wildman–Crippen MR) is 199 cm³/mol. The van der Waals surface area contributed by atoms with Gasteiger partial charge in [-0.15, -0.1) is 0 Å². The molecule has 1 aromatic heterocycles. The van der Waals surface area contributed by atoms with Crippen LogP contribution in [0.2, 0.25) is 0 Å². The summed E-state index contributed by atoms with van der Waals surface area (Å²) >= 11 is 0. The van der Waals surface area contributed by atoms with Gasteiger partial charge in [0.15, 0.2) is 0 Å². The average Bonchev–Trinajstić information content (AvgIpc) is 3.23. The molecule has 1 nitrogen and oxygen atoms in total. The third-order valence-corrected chi connectivity index (χ3v) is 9.49. The Morgan fingerprint density at radius 2 is 0.911 bits per heavy atom. The molecule has 4 aromatic carbocycles. The van der Waals surface area contributed by atoms with Crippen LogP contribution in [0.15, 0.2) is 78.9 Å². The van der Waals surface area contributed by atoms with Gasteiger partial charge in [-0.2, -0.15) is 0 Å². The molecule has 5 rings (SSSR count). The van der Waals surface area contributed by atoms with Crippen LogP contribution >= 0.6 is 0 Å². The van der Waals surface area contributed by atoms with Crippen LogP contribution in [0, 0.1) is 5.41 Å². The van der Waals surface area contributed by atoms with Crippen molar-refractivity contribution in [3.8, 4) is 16.8 Å². The first-order valence-corrected chi connectivity index (χ1v) is 16.9. The lowest BCUT2D eigenvalue weighted by atomic mass is 9.72. The summed E-state index contributed by atoms with van der Waals surface area (Å²) in [5, 5.41) is 2.63. The molecule has 0 radical (unpaired) electrons. The summed E-state index contributed by atoms with van der Waals surface area (Å²) in [6, 6.07) is 30.8. The Morgan fingerprint density at radius 3 is 1.38 bits per heavy atom. The average molecular weight is 600 g/mol. The zero-order valence-corrected chi connectivity index (χ0v) is 30.7. The van der Waals surface area contributed by atoms with Gasteiger partial charge in [-0.25, -0.2) is 0 Å². The Morgan fingerprint density at radius 1 is 0.444 bits per heavy atom. The first-order chi connectivity index (χ1) is 20.5. The summed E-state index contributed by atoms with van der Waals surface area (Å²) in [6.07, 6.45) is 1.10. The van der Waals surface area contributed by atoms with Gasteiger partial charge in [-0.1, -0.05) is 152 Å². The zero-order valence-electron chi connectivity index (χ0n) is 30.7. The summed E-state index contributed by atoms with van der Waals surface area (Å²) in [6.45, 7) is 32.7. The molecule has 0 saturated carbocycles. The van der Waals surface area contributed by atoms with Gasteiger partial charge in [-0.05, 0) is 91.1 Å². The van der Waals surface area contributed by atoms with Gasteiger partial charge in [-0.3, -0.25) is 0 Å². The van der Waals surface area contributed by atoms with Crippen LogP contribution in [0.4, 0.5) is 0 Å². The number of fused-ring (bicyclic) bond motifs is 3. The molecule has 0 aliphatic carbocycles. The molecule has 1 heteroatoms. The third-order valence-electron chi connectivity index (χ3n) is 9.49. The minimum Gasteiger partial charge on any atom is -0.309 e. The maximum absolute atomic E-state index is 2.56. The summed E-state index contributed by atoms with van der Waals surface area (Å²) < 4.78 is 2.56. The van der Waals surface area contributed by atoms with Gasteiger partial charge in [0.25, 0.3) is 0 Å². The van der Waals surface area contributed by atoms with E-state index in [4.69, 9.17) is 0 Å². The van der Waals surface area contributed by atoms with Gasteiger partial charge >= 0.3 is 0 Å². The van der Waals surface area contributed by atoms with Crippen molar-refractivity contribution in [2.75, 3.05) is 0 Å². The second-order valence-corrected chi connectivity index (χ2v) is 18.5. The lowest BCUT2D eigenvalue weighted by Gasteiger charge is -2.34. The molecule has 238 valence electrons. The molecule has 1 heterocycles. The fraction of sp³-hybridized carbons (Fsp3) is 0.455. The van der Waals surface area contributed by atoms with E-state index in [2.05, 4.69) is 180 Å². The first kappa shape index (κ1) is 33.1. The highest BCUT2D eigenvalue weighted by atomic mass is 15.0. The highest BCUT2D eigenvalue weighted by molar-refractivity contribution is 6.09. The lowest BCUT2D eigenvalue weighted by Crippen LogP contribution is -2.25. The first-order valence-electron chi connectivity index (χ1n) is 16.9. The smallest absolute Gasteiger partial charge is 0.0544 e. The standard InChI is InChI=1S/C44H57N/c1-40(2,3)28-44(13,14)34-23-30(29-16-15-17-31(22-29)41(4,5)6)24-35(25-34)45-38-26-32(42(7,8)9)18-20-36(38)37-21-19-33(27-39(37)45)43(10,11)12/h15-27H,28H2,1-14H3. The van der Waals surface area contributed by atoms with Crippen LogP contribution in [0.25, 0.3) is 38.6 Å². The Kier molecular flexibility index (Phi) is 8.00. The monoisotopic (exact) mass is 599 g/mol. The molecule has 0 N–H and O–H groups in total. The second-order valence-electron chi connectivity index (χ2n) is 18.5. The molecule has 0 atom stereocenters. The summed E-state index contributed by atoms with van der Waals surface area (Å²) in [7, 11) is 0. The van der Waals surface area contributed by atoms with E-state index in [1.54, 1.807) is 0 Å². The van der Waals surface area contributed by atoms with Crippen LogP contribution in [0.5, 0.6) is 0 Å². The van der Waals surface area contributed by atoms with Crippen molar-refractivity contribution in [2.24, 2.45) is 5.41 Å². The fourth-order valence-corrected chi connectivity index (χ4v) is 7.12. The second kappa shape index (κ2) is 10.9. The van der Waals surface area contributed by atoms with E-state index < -0.39 is 0 Å². The van der Waals surface area contributed by atoms with Crippen molar-refractivity contribution in [1.82, 2.24) is 4.57 Å². The van der Waals surface area contributed by atoms with Crippen LogP contribution in [-0.4, -0.2) is 4.57 Å². The number of hydrogen-bond acceptors (Lipinski definition) is 0. The quantitative estimate of drug-likeness (QED) is 0.194. The van der Waals surface area contributed by atoms with Gasteiger partial charge in [0.2, 0.25) is 0 Å². The minimum atomic E-state index is -0.00343. The number of nitrogens with zero attached hydrogens (tertiary/aromatic N) is 1. The number of hydrogen-bond donors (Lipinski definition) is 0. The van der Waals surface area contributed by atoms with Gasteiger partial charge in [0.1, 0.15) is 0 Å². The minimum absolute atomic E-state index is 0.00343. The van der Waals surface area contributed by atoms with Crippen LogP contribution in [-0.2, 0) is 21.7 Å². The summed E-state index contributed by atoms with van der Waals surface area (Å²) in [5.74, 6) is 0. The van der Waals surface area contributed by atoms with Crippen molar-refractivity contribution in [3.05, 3.63) is 101 Å². The molecule has 0 aliphatic heterocycles. The number of aromatic nitrogens is 1. The molecule has 0 fully saturated rings. The van der Waals surface area contributed by atoms with E-state index in [0.29, 0.717) is 0 Å². The largest absolute Gasteiger partial charge is 0.309 e. The number of rotatable bonds is 4. The van der Waals surface area contributed by atoms with E-state index in [1.807, 2.05) is 0 Å². The lowest BCUT2D eigenvalue weighted by molar-refractivity contribution is 0.284. The highest BCUT2D eigenvalue weighted by Gasteiger charge is 2.29. The summed E-state index contributed by atoms with van der Waals surface area (Å²) in [4.78, 5) is 0. The molecule has 0 unspecified atom stereocenters. The van der Waals surface area contributed by atoms with Crippen molar-refractivity contribution in [2.45, 2.75) is 125 Å². The molecule has 0 bridgehead atoms. The van der Waals surface area contributed by atoms with Gasteiger partial charge in [0, 0.05) is 16.5 Å². The molecule has 0 aliphatic rings. The molecular formula is C44H57N. The molecule has 0 saturated heterocycles.